The van der Waals surface area contributed by atoms with E-state index in [4.69, 9.17) is 10.5 Å². The van der Waals surface area contributed by atoms with Gasteiger partial charge in [0.2, 0.25) is 0 Å². The van der Waals surface area contributed by atoms with Crippen molar-refractivity contribution in [2.75, 3.05) is 38.1 Å². The predicted octanol–water partition coefficient (Wildman–Crippen LogP) is 2.87. The lowest BCUT2D eigenvalue weighted by Crippen LogP contribution is -2.37. The van der Waals surface area contributed by atoms with Gasteiger partial charge in [0, 0.05) is 48.7 Å². The van der Waals surface area contributed by atoms with Crippen LogP contribution in [0.2, 0.25) is 0 Å². The third-order valence-corrected chi connectivity index (χ3v) is 6.19. The van der Waals surface area contributed by atoms with E-state index in [0.717, 1.165) is 30.5 Å². The van der Waals surface area contributed by atoms with Gasteiger partial charge in [-0.25, -0.2) is 9.78 Å². The molecule has 10 heteroatoms. The highest BCUT2D eigenvalue weighted by Crippen LogP contribution is 2.29. The Kier molecular flexibility index (Phi) is 8.51. The second kappa shape index (κ2) is 12.2. The van der Waals surface area contributed by atoms with Gasteiger partial charge in [-0.1, -0.05) is 6.08 Å². The Morgan fingerprint density at radius 2 is 2.11 bits per heavy atom. The Bertz CT molecular complexity index is 1120. The molecule has 1 aromatic carbocycles. The number of aromatic nitrogens is 1. The molecule has 0 aliphatic carbocycles. The number of hydrogen-bond donors (Lipinski definition) is 4. The number of nitrogens with zero attached hydrogens (tertiary/aromatic N) is 3. The highest BCUT2D eigenvalue weighted by atomic mass is 16.6. The first-order chi connectivity index (χ1) is 17.5. The molecule has 0 radical (unpaired) electrons. The van der Waals surface area contributed by atoms with Crippen molar-refractivity contribution in [3.63, 3.8) is 0 Å². The fraction of sp³-hybridized carbons (Fsp3) is 0.385. The molecule has 1 aromatic heterocycles. The average Bonchev–Trinajstić information content (AvgIpc) is 3.42. The van der Waals surface area contributed by atoms with Gasteiger partial charge in [0.15, 0.2) is 11.8 Å². The topological polar surface area (TPSA) is 134 Å². The third-order valence-electron chi connectivity index (χ3n) is 6.19. The van der Waals surface area contributed by atoms with E-state index in [1.54, 1.807) is 42.3 Å². The molecule has 36 heavy (non-hydrogen) atoms. The van der Waals surface area contributed by atoms with Crippen LogP contribution >= 0.6 is 0 Å². The lowest BCUT2D eigenvalue weighted by atomic mass is 10.0. The second-order valence-electron chi connectivity index (χ2n) is 8.70. The van der Waals surface area contributed by atoms with Crippen LogP contribution in [-0.4, -0.2) is 66.7 Å². The van der Waals surface area contributed by atoms with Crippen molar-refractivity contribution in [1.29, 1.82) is 0 Å². The molecule has 2 aliphatic heterocycles. The standard InChI is InChI=1S/C26H33N7O3/c1-2-36-26(35)33-15-11-18(12-16-33)22-6-4-14-29-23(22)32-25(27)31-20-9-7-19(8-10-20)24(34)30-17-21-5-3-13-28-21/h4,6-11,14,21,28H,2-3,5,12-13,15-17H2,1H3,(H,30,34)(H3,27,29,31,32). The van der Waals surface area contributed by atoms with Gasteiger partial charge >= 0.3 is 6.09 Å². The second-order valence-corrected chi connectivity index (χ2v) is 8.70. The number of anilines is 1. The van der Waals surface area contributed by atoms with Crippen LogP contribution in [0.4, 0.5) is 16.3 Å². The van der Waals surface area contributed by atoms with Crippen LogP contribution in [0, 0.1) is 0 Å². The maximum atomic E-state index is 12.4. The van der Waals surface area contributed by atoms with Crippen LogP contribution in [0.15, 0.2) is 53.7 Å². The fourth-order valence-electron chi connectivity index (χ4n) is 4.27. The van der Waals surface area contributed by atoms with E-state index in [-0.39, 0.29) is 18.0 Å². The molecule has 5 N–H and O–H groups in total. The Morgan fingerprint density at radius 3 is 2.81 bits per heavy atom. The first-order valence-corrected chi connectivity index (χ1v) is 12.3. The molecule has 1 fully saturated rings. The van der Waals surface area contributed by atoms with Crippen molar-refractivity contribution in [1.82, 2.24) is 20.5 Å². The maximum absolute atomic E-state index is 12.4. The monoisotopic (exact) mass is 491 g/mol. The van der Waals surface area contributed by atoms with Crippen LogP contribution in [-0.2, 0) is 4.74 Å². The number of benzene rings is 1. The number of nitrogens with two attached hydrogens (primary N) is 1. The Labute approximate surface area is 211 Å². The zero-order valence-electron chi connectivity index (χ0n) is 20.5. The summed E-state index contributed by atoms with van der Waals surface area (Å²) in [5, 5.41) is 9.40. The van der Waals surface area contributed by atoms with Crippen molar-refractivity contribution in [3.8, 4) is 0 Å². The third kappa shape index (κ3) is 6.60. The van der Waals surface area contributed by atoms with Crippen LogP contribution in [0.25, 0.3) is 5.57 Å². The van der Waals surface area contributed by atoms with Gasteiger partial charge in [-0.05, 0) is 74.7 Å². The predicted molar refractivity (Wildman–Crippen MR) is 140 cm³/mol. The largest absolute Gasteiger partial charge is 0.450 e. The van der Waals surface area contributed by atoms with Crippen LogP contribution < -0.4 is 21.7 Å². The average molecular weight is 492 g/mol. The number of aliphatic imine (C=N–C) groups is 1. The number of hydrogen-bond acceptors (Lipinski definition) is 6. The summed E-state index contributed by atoms with van der Waals surface area (Å²) >= 11 is 0. The van der Waals surface area contributed by atoms with E-state index in [2.05, 4.69) is 25.9 Å². The molecule has 4 rings (SSSR count). The summed E-state index contributed by atoms with van der Waals surface area (Å²) in [6, 6.07) is 11.2. The minimum atomic E-state index is -0.306. The normalized spacial score (nSPS) is 17.9. The summed E-state index contributed by atoms with van der Waals surface area (Å²) in [6.45, 7) is 4.82. The van der Waals surface area contributed by atoms with Crippen molar-refractivity contribution in [3.05, 3.63) is 59.8 Å². The summed E-state index contributed by atoms with van der Waals surface area (Å²) in [7, 11) is 0. The van der Waals surface area contributed by atoms with E-state index in [9.17, 15) is 9.59 Å². The zero-order chi connectivity index (χ0) is 25.3. The molecule has 10 nitrogen and oxygen atoms in total. The SMILES string of the molecule is CCOC(=O)N1CC=C(c2cccnc2N=C(N)Nc2ccc(C(=O)NCC3CCCN3)cc2)CC1. The summed E-state index contributed by atoms with van der Waals surface area (Å²) in [5.41, 5.74) is 9.39. The smallest absolute Gasteiger partial charge is 0.410 e. The Balaban J connectivity index is 1.37. The van der Waals surface area contributed by atoms with Gasteiger partial charge < -0.3 is 31.3 Å². The number of amides is 2. The van der Waals surface area contributed by atoms with Gasteiger partial charge in [-0.15, -0.1) is 0 Å². The van der Waals surface area contributed by atoms with Crippen LogP contribution in [0.3, 0.4) is 0 Å². The minimum absolute atomic E-state index is 0.0997. The Hall–Kier alpha value is -3.92. The molecule has 0 saturated carbocycles. The lowest BCUT2D eigenvalue weighted by molar-refractivity contribution is 0.0950. The molecule has 1 unspecified atom stereocenters. The van der Waals surface area contributed by atoms with Gasteiger partial charge in [-0.2, -0.15) is 4.99 Å². The minimum Gasteiger partial charge on any atom is -0.450 e. The molecule has 190 valence electrons. The molecule has 2 aromatic rings. The molecular weight excluding hydrogens is 458 g/mol. The van der Waals surface area contributed by atoms with Gasteiger partial charge in [-0.3, -0.25) is 4.79 Å². The summed E-state index contributed by atoms with van der Waals surface area (Å²) in [4.78, 5) is 34.9. The first-order valence-electron chi connectivity index (χ1n) is 12.3. The van der Waals surface area contributed by atoms with Gasteiger partial charge in [0.1, 0.15) is 0 Å². The molecule has 2 amide bonds. The van der Waals surface area contributed by atoms with Gasteiger partial charge in [0.25, 0.3) is 5.91 Å². The highest BCUT2D eigenvalue weighted by Gasteiger charge is 2.20. The van der Waals surface area contributed by atoms with Crippen molar-refractivity contribution in [2.24, 2.45) is 10.7 Å². The van der Waals surface area contributed by atoms with Crippen molar-refractivity contribution >= 4 is 35.0 Å². The van der Waals surface area contributed by atoms with Crippen LogP contribution in [0.5, 0.6) is 0 Å². The molecule has 1 atom stereocenters. The summed E-state index contributed by atoms with van der Waals surface area (Å²) in [6.07, 6.45) is 6.25. The fourth-order valence-corrected chi connectivity index (χ4v) is 4.27. The molecule has 0 bridgehead atoms. The van der Waals surface area contributed by atoms with Crippen molar-refractivity contribution < 1.29 is 14.3 Å². The summed E-state index contributed by atoms with van der Waals surface area (Å²) in [5.74, 6) is 0.580. The molecule has 2 aliphatic rings. The number of carbonyl (C=O) groups excluding carboxylic acids is 2. The maximum Gasteiger partial charge on any atom is 0.410 e. The van der Waals surface area contributed by atoms with E-state index in [1.807, 2.05) is 18.2 Å². The van der Waals surface area contributed by atoms with Crippen molar-refractivity contribution in [2.45, 2.75) is 32.2 Å². The lowest BCUT2D eigenvalue weighted by Gasteiger charge is -2.26. The van der Waals surface area contributed by atoms with Gasteiger partial charge in [0.05, 0.1) is 6.61 Å². The zero-order valence-corrected chi connectivity index (χ0v) is 20.5. The number of carbonyl (C=O) groups is 2. The number of guanidine groups is 1. The Morgan fingerprint density at radius 1 is 1.28 bits per heavy atom. The number of ether oxygens (including phenoxy) is 1. The van der Waals surface area contributed by atoms with E-state index in [1.165, 1.54) is 0 Å². The van der Waals surface area contributed by atoms with Crippen LogP contribution in [0.1, 0.15) is 42.1 Å². The summed E-state index contributed by atoms with van der Waals surface area (Å²) < 4.78 is 5.08. The number of rotatable bonds is 7. The van der Waals surface area contributed by atoms with E-state index >= 15 is 0 Å². The number of nitrogens with one attached hydrogen (secondary N) is 3. The molecular formula is C26H33N7O3. The first kappa shape index (κ1) is 25.2. The van der Waals surface area contributed by atoms with E-state index in [0.29, 0.717) is 55.8 Å². The van der Waals surface area contributed by atoms with E-state index < -0.39 is 0 Å². The number of pyridine rings is 1. The molecule has 3 heterocycles. The quantitative estimate of drug-likeness (QED) is 0.346. The molecule has 0 spiro atoms. The molecule has 1 saturated heterocycles. The highest BCUT2D eigenvalue weighted by molar-refractivity contribution is 5.97.